The molecule has 3 rings (SSSR count). The van der Waals surface area contributed by atoms with Crippen LogP contribution in [-0.2, 0) is 6.54 Å². The van der Waals surface area contributed by atoms with Crippen LogP contribution in [0, 0.1) is 11.6 Å². The van der Waals surface area contributed by atoms with Gasteiger partial charge in [-0.1, -0.05) is 18.2 Å². The third-order valence-corrected chi connectivity index (χ3v) is 3.16. The minimum Gasteiger partial charge on any atom is -0.321 e. The molecule has 0 aliphatic carbocycles. The number of fused-ring (bicyclic) bond motifs is 1. The zero-order chi connectivity index (χ0) is 14.7. The number of nitrogens with one attached hydrogen (secondary N) is 2. The van der Waals surface area contributed by atoms with E-state index in [-0.39, 0.29) is 12.1 Å². The summed E-state index contributed by atoms with van der Waals surface area (Å²) >= 11 is 0. The van der Waals surface area contributed by atoms with Gasteiger partial charge in [0.05, 0.1) is 5.52 Å². The molecular formula is C16H13F2N3. The van der Waals surface area contributed by atoms with Gasteiger partial charge in [0.25, 0.3) is 0 Å². The van der Waals surface area contributed by atoms with Crippen molar-refractivity contribution < 1.29 is 8.78 Å². The van der Waals surface area contributed by atoms with Gasteiger partial charge in [0.2, 0.25) is 0 Å². The Kier molecular flexibility index (Phi) is 3.75. The summed E-state index contributed by atoms with van der Waals surface area (Å²) in [4.78, 5) is 3.96. The van der Waals surface area contributed by atoms with E-state index in [4.69, 9.17) is 0 Å². The van der Waals surface area contributed by atoms with E-state index in [1.165, 1.54) is 12.3 Å². The van der Waals surface area contributed by atoms with Gasteiger partial charge in [-0.25, -0.2) is 14.2 Å². The van der Waals surface area contributed by atoms with E-state index in [0.29, 0.717) is 10.9 Å². The first-order valence-corrected chi connectivity index (χ1v) is 6.51. The van der Waals surface area contributed by atoms with E-state index < -0.39 is 11.6 Å². The highest BCUT2D eigenvalue weighted by Crippen LogP contribution is 2.22. The third kappa shape index (κ3) is 2.83. The third-order valence-electron chi connectivity index (χ3n) is 3.16. The maximum absolute atomic E-state index is 14.3. The summed E-state index contributed by atoms with van der Waals surface area (Å²) in [6, 6.07) is 13.8. The van der Waals surface area contributed by atoms with Crippen molar-refractivity contribution in [2.24, 2.45) is 0 Å². The lowest BCUT2D eigenvalue weighted by Gasteiger charge is -2.11. The highest BCUT2D eigenvalue weighted by atomic mass is 19.1. The van der Waals surface area contributed by atoms with Crippen LogP contribution in [-0.4, -0.2) is 4.98 Å². The zero-order valence-electron chi connectivity index (χ0n) is 11.1. The largest absolute Gasteiger partial charge is 0.321 e. The lowest BCUT2D eigenvalue weighted by Crippen LogP contribution is -2.22. The molecule has 0 radical (unpaired) electrons. The van der Waals surface area contributed by atoms with Crippen LogP contribution in [0.25, 0.3) is 10.9 Å². The fourth-order valence-electron chi connectivity index (χ4n) is 2.11. The topological polar surface area (TPSA) is 37.0 Å². The van der Waals surface area contributed by atoms with Gasteiger partial charge in [-0.05, 0) is 24.3 Å². The fraction of sp³-hybridized carbons (Fsp3) is 0.0625. The highest BCUT2D eigenvalue weighted by Gasteiger charge is 2.13. The Morgan fingerprint density at radius 3 is 2.62 bits per heavy atom. The smallest absolute Gasteiger partial charge is 0.140 e. The number of rotatable bonds is 4. The van der Waals surface area contributed by atoms with Gasteiger partial charge >= 0.3 is 0 Å². The first-order valence-electron chi connectivity index (χ1n) is 6.51. The summed E-state index contributed by atoms with van der Waals surface area (Å²) < 4.78 is 28.3. The van der Waals surface area contributed by atoms with Crippen molar-refractivity contribution in [2.75, 3.05) is 5.43 Å². The van der Waals surface area contributed by atoms with Crippen molar-refractivity contribution in [1.29, 1.82) is 0 Å². The average molecular weight is 285 g/mol. The lowest BCUT2D eigenvalue weighted by atomic mass is 10.1. The molecule has 0 aliphatic rings. The molecule has 1 aromatic heterocycles. The number of anilines is 1. The van der Waals surface area contributed by atoms with Crippen molar-refractivity contribution in [3.63, 3.8) is 0 Å². The normalized spacial score (nSPS) is 10.8. The van der Waals surface area contributed by atoms with Crippen molar-refractivity contribution in [1.82, 2.24) is 10.4 Å². The number of hydrogen-bond donors (Lipinski definition) is 2. The predicted octanol–water partition coefficient (Wildman–Crippen LogP) is 3.63. The molecular weight excluding hydrogens is 272 g/mol. The first-order chi connectivity index (χ1) is 10.3. The van der Waals surface area contributed by atoms with Gasteiger partial charge in [0.15, 0.2) is 0 Å². The predicted molar refractivity (Wildman–Crippen MR) is 78.6 cm³/mol. The monoisotopic (exact) mass is 285 g/mol. The van der Waals surface area contributed by atoms with Crippen LogP contribution in [0.2, 0.25) is 0 Å². The Balaban J connectivity index is 1.80. The van der Waals surface area contributed by atoms with Gasteiger partial charge in [-0.3, -0.25) is 4.98 Å². The Morgan fingerprint density at radius 2 is 1.81 bits per heavy atom. The molecule has 0 aliphatic heterocycles. The van der Waals surface area contributed by atoms with Crippen molar-refractivity contribution in [2.45, 2.75) is 6.54 Å². The summed E-state index contributed by atoms with van der Waals surface area (Å²) in [6.45, 7) is 0.0252. The van der Waals surface area contributed by atoms with Crippen LogP contribution in [0.1, 0.15) is 5.56 Å². The SMILES string of the molecule is Fc1cc2ncccc2c(F)c1CNNc1ccccc1. The molecule has 3 nitrogen and oxygen atoms in total. The standard InChI is InChI=1S/C16H13F2N3/c17-14-9-15-12(7-4-8-19-15)16(18)13(14)10-20-21-11-5-2-1-3-6-11/h1-9,20-21H,10H2. The second kappa shape index (κ2) is 5.85. The molecule has 3 aromatic rings. The number of aromatic nitrogens is 1. The van der Waals surface area contributed by atoms with Gasteiger partial charge < -0.3 is 5.43 Å². The minimum absolute atomic E-state index is 0.0149. The molecule has 0 unspecified atom stereocenters. The van der Waals surface area contributed by atoms with Crippen molar-refractivity contribution in [3.8, 4) is 0 Å². The van der Waals surface area contributed by atoms with E-state index in [1.807, 2.05) is 30.3 Å². The second-order valence-corrected chi connectivity index (χ2v) is 4.57. The fourth-order valence-corrected chi connectivity index (χ4v) is 2.11. The number of benzene rings is 2. The Bertz CT molecular complexity index is 760. The zero-order valence-corrected chi connectivity index (χ0v) is 11.1. The van der Waals surface area contributed by atoms with Crippen LogP contribution < -0.4 is 10.9 Å². The van der Waals surface area contributed by atoms with Crippen molar-refractivity contribution >= 4 is 16.6 Å². The maximum atomic E-state index is 14.3. The summed E-state index contributed by atoms with van der Waals surface area (Å²) in [7, 11) is 0. The first kappa shape index (κ1) is 13.5. The molecule has 0 atom stereocenters. The Morgan fingerprint density at radius 1 is 1.00 bits per heavy atom. The maximum Gasteiger partial charge on any atom is 0.140 e. The molecule has 0 saturated heterocycles. The summed E-state index contributed by atoms with van der Waals surface area (Å²) in [5.41, 5.74) is 6.83. The molecule has 0 bridgehead atoms. The number of hydrazine groups is 1. The Labute approximate surface area is 120 Å². The molecule has 1 heterocycles. The second-order valence-electron chi connectivity index (χ2n) is 4.57. The minimum atomic E-state index is -0.610. The molecule has 0 saturated carbocycles. The molecule has 2 N–H and O–H groups in total. The molecule has 21 heavy (non-hydrogen) atoms. The van der Waals surface area contributed by atoms with Gasteiger partial charge in [-0.2, -0.15) is 0 Å². The van der Waals surface area contributed by atoms with E-state index in [1.54, 1.807) is 12.1 Å². The molecule has 5 heteroatoms. The van der Waals surface area contributed by atoms with E-state index in [9.17, 15) is 8.78 Å². The van der Waals surface area contributed by atoms with E-state index >= 15 is 0 Å². The number of hydrogen-bond acceptors (Lipinski definition) is 3. The lowest BCUT2D eigenvalue weighted by molar-refractivity contribution is 0.553. The van der Waals surface area contributed by atoms with E-state index in [0.717, 1.165) is 5.69 Å². The molecule has 2 aromatic carbocycles. The number of nitrogens with zero attached hydrogens (tertiary/aromatic N) is 1. The molecule has 0 fully saturated rings. The van der Waals surface area contributed by atoms with Crippen LogP contribution in [0.5, 0.6) is 0 Å². The molecule has 0 amide bonds. The van der Waals surface area contributed by atoms with E-state index in [2.05, 4.69) is 15.8 Å². The average Bonchev–Trinajstić information content (AvgIpc) is 2.51. The summed E-state index contributed by atoms with van der Waals surface area (Å²) in [5.74, 6) is -1.19. The van der Waals surface area contributed by atoms with Gasteiger partial charge in [0, 0.05) is 35.4 Å². The quantitative estimate of drug-likeness (QED) is 0.719. The van der Waals surface area contributed by atoms with Crippen LogP contribution in [0.15, 0.2) is 54.7 Å². The summed E-state index contributed by atoms with van der Waals surface area (Å²) in [6.07, 6.45) is 1.51. The molecule has 0 spiro atoms. The number of para-hydroxylation sites is 1. The van der Waals surface area contributed by atoms with Crippen LogP contribution >= 0.6 is 0 Å². The molecule has 106 valence electrons. The van der Waals surface area contributed by atoms with Crippen LogP contribution in [0.3, 0.4) is 0 Å². The number of pyridine rings is 1. The van der Waals surface area contributed by atoms with Crippen molar-refractivity contribution in [3.05, 3.63) is 71.9 Å². The van der Waals surface area contributed by atoms with Gasteiger partial charge in [0.1, 0.15) is 11.6 Å². The van der Waals surface area contributed by atoms with Crippen LogP contribution in [0.4, 0.5) is 14.5 Å². The highest BCUT2D eigenvalue weighted by molar-refractivity contribution is 5.80. The Hall–Kier alpha value is -2.53. The number of halogens is 2. The summed E-state index contributed by atoms with van der Waals surface area (Å²) in [5, 5.41) is 0.315. The van der Waals surface area contributed by atoms with Gasteiger partial charge in [-0.15, -0.1) is 0 Å².